The molecular formula is C17H25N5O5S. The predicted octanol–water partition coefficient (Wildman–Crippen LogP) is 2.33. The summed E-state index contributed by atoms with van der Waals surface area (Å²) in [6.07, 6.45) is 2.54. The summed E-state index contributed by atoms with van der Waals surface area (Å²) in [4.78, 5) is 36.0. The second kappa shape index (κ2) is 10.2. The topological polar surface area (TPSA) is 117 Å². The van der Waals surface area contributed by atoms with Crippen LogP contribution in [-0.4, -0.2) is 56.3 Å². The van der Waals surface area contributed by atoms with Crippen LogP contribution in [0, 0.1) is 0 Å². The average Bonchev–Trinajstić information content (AvgIpc) is 3.02. The van der Waals surface area contributed by atoms with Crippen LogP contribution < -0.4 is 5.32 Å². The monoisotopic (exact) mass is 411 g/mol. The second-order valence-corrected chi connectivity index (χ2v) is 7.56. The van der Waals surface area contributed by atoms with Gasteiger partial charge in [0, 0.05) is 13.2 Å². The van der Waals surface area contributed by atoms with Gasteiger partial charge in [0.25, 0.3) is 0 Å². The quantitative estimate of drug-likeness (QED) is 0.287. The maximum absolute atomic E-state index is 11.8. The van der Waals surface area contributed by atoms with Gasteiger partial charge in [-0.3, -0.25) is 9.36 Å². The molecule has 0 aliphatic rings. The Balaban J connectivity index is 1.76. The predicted molar refractivity (Wildman–Crippen MR) is 103 cm³/mol. The Kier molecular flexibility index (Phi) is 8.00. The van der Waals surface area contributed by atoms with Gasteiger partial charge in [0.05, 0.1) is 12.7 Å². The van der Waals surface area contributed by atoms with Crippen LogP contribution in [0.1, 0.15) is 34.1 Å². The molecule has 0 atom stereocenters. The SMILES string of the molecule is CCOCn1cnc2c(SCOC(=O)CCNC(=O)OC(C)(C)C)ncnc21. The minimum Gasteiger partial charge on any atom is -0.454 e. The zero-order valence-electron chi connectivity index (χ0n) is 16.4. The molecule has 0 radical (unpaired) electrons. The van der Waals surface area contributed by atoms with E-state index in [2.05, 4.69) is 20.3 Å². The lowest BCUT2D eigenvalue weighted by molar-refractivity contribution is -0.141. The molecule has 0 aromatic carbocycles. The van der Waals surface area contributed by atoms with Crippen LogP contribution in [0.5, 0.6) is 0 Å². The maximum atomic E-state index is 11.8. The number of amides is 1. The molecule has 1 amide bonds. The van der Waals surface area contributed by atoms with Crippen molar-refractivity contribution in [1.82, 2.24) is 24.8 Å². The summed E-state index contributed by atoms with van der Waals surface area (Å²) in [5.74, 6) is -0.355. The smallest absolute Gasteiger partial charge is 0.407 e. The molecule has 10 nitrogen and oxygen atoms in total. The lowest BCUT2D eigenvalue weighted by Crippen LogP contribution is -2.33. The fourth-order valence-electron chi connectivity index (χ4n) is 2.05. The molecule has 2 heterocycles. The Labute approximate surface area is 167 Å². The molecular weight excluding hydrogens is 386 g/mol. The molecule has 1 N–H and O–H groups in total. The highest BCUT2D eigenvalue weighted by Gasteiger charge is 2.16. The number of nitrogens with one attached hydrogen (secondary N) is 1. The Bertz CT molecular complexity index is 805. The molecule has 2 aromatic heterocycles. The number of aromatic nitrogens is 4. The summed E-state index contributed by atoms with van der Waals surface area (Å²) < 4.78 is 17.4. The van der Waals surface area contributed by atoms with Gasteiger partial charge in [-0.15, -0.1) is 0 Å². The molecule has 0 saturated carbocycles. The Morgan fingerprint density at radius 1 is 1.25 bits per heavy atom. The molecule has 0 spiro atoms. The van der Waals surface area contributed by atoms with Crippen LogP contribution >= 0.6 is 11.8 Å². The van der Waals surface area contributed by atoms with Crippen molar-refractivity contribution in [2.24, 2.45) is 0 Å². The van der Waals surface area contributed by atoms with E-state index in [-0.39, 0.29) is 18.9 Å². The third kappa shape index (κ3) is 6.97. The number of carbonyl (C=O) groups excluding carboxylic acids is 2. The van der Waals surface area contributed by atoms with Gasteiger partial charge in [-0.2, -0.15) is 0 Å². The van der Waals surface area contributed by atoms with Crippen molar-refractivity contribution in [2.75, 3.05) is 19.1 Å². The van der Waals surface area contributed by atoms with Crippen LogP contribution in [-0.2, 0) is 25.7 Å². The standard InChI is InChI=1S/C17H25N5O5S/c1-5-25-10-22-9-21-13-14(22)19-8-20-15(13)28-11-26-12(23)6-7-18-16(24)27-17(2,3)4/h8-9H,5-7,10-11H2,1-4H3,(H,18,24). The van der Waals surface area contributed by atoms with E-state index >= 15 is 0 Å². The van der Waals surface area contributed by atoms with Crippen molar-refractivity contribution in [3.63, 3.8) is 0 Å². The number of carbonyl (C=O) groups is 2. The van der Waals surface area contributed by atoms with Crippen molar-refractivity contribution in [1.29, 1.82) is 0 Å². The second-order valence-electron chi connectivity index (χ2n) is 6.64. The highest BCUT2D eigenvalue weighted by atomic mass is 32.2. The van der Waals surface area contributed by atoms with Gasteiger partial charge < -0.3 is 19.5 Å². The van der Waals surface area contributed by atoms with Gasteiger partial charge in [0.15, 0.2) is 5.65 Å². The fourth-order valence-corrected chi connectivity index (χ4v) is 2.76. The first-order valence-corrected chi connectivity index (χ1v) is 9.77. The van der Waals surface area contributed by atoms with Crippen LogP contribution in [0.15, 0.2) is 17.7 Å². The molecule has 2 rings (SSSR count). The van der Waals surface area contributed by atoms with Gasteiger partial charge in [0.1, 0.15) is 35.1 Å². The zero-order chi connectivity index (χ0) is 20.6. The molecule has 0 fully saturated rings. The van der Waals surface area contributed by atoms with E-state index in [9.17, 15) is 9.59 Å². The lowest BCUT2D eigenvalue weighted by Gasteiger charge is -2.19. The Morgan fingerprint density at radius 3 is 2.75 bits per heavy atom. The van der Waals surface area contributed by atoms with Crippen molar-refractivity contribution in [2.45, 2.75) is 51.5 Å². The lowest BCUT2D eigenvalue weighted by atomic mass is 10.2. The summed E-state index contributed by atoms with van der Waals surface area (Å²) in [7, 11) is 0. The first kappa shape index (κ1) is 21.9. The summed E-state index contributed by atoms with van der Waals surface area (Å²) in [6, 6.07) is 0. The van der Waals surface area contributed by atoms with Gasteiger partial charge in [-0.05, 0) is 27.7 Å². The van der Waals surface area contributed by atoms with Crippen molar-refractivity contribution >= 4 is 35.0 Å². The van der Waals surface area contributed by atoms with E-state index in [4.69, 9.17) is 14.2 Å². The van der Waals surface area contributed by atoms with E-state index in [0.29, 0.717) is 29.5 Å². The van der Waals surface area contributed by atoms with Crippen molar-refractivity contribution < 1.29 is 23.8 Å². The highest BCUT2D eigenvalue weighted by Crippen LogP contribution is 2.23. The Morgan fingerprint density at radius 2 is 2.04 bits per heavy atom. The van der Waals surface area contributed by atoms with Crippen molar-refractivity contribution in [3.8, 4) is 0 Å². The molecule has 154 valence electrons. The summed E-state index contributed by atoms with van der Waals surface area (Å²) in [6.45, 7) is 8.29. The number of fused-ring (bicyclic) bond motifs is 1. The largest absolute Gasteiger partial charge is 0.454 e. The van der Waals surface area contributed by atoms with Crippen LogP contribution in [0.4, 0.5) is 4.79 Å². The number of nitrogens with zero attached hydrogens (tertiary/aromatic N) is 4. The summed E-state index contributed by atoms with van der Waals surface area (Å²) in [5, 5.41) is 3.12. The maximum Gasteiger partial charge on any atom is 0.407 e. The number of hydrogen-bond donors (Lipinski definition) is 1. The number of thioether (sulfide) groups is 1. The molecule has 28 heavy (non-hydrogen) atoms. The fraction of sp³-hybridized carbons (Fsp3) is 0.588. The van der Waals surface area contributed by atoms with E-state index in [1.807, 2.05) is 6.92 Å². The molecule has 11 heteroatoms. The highest BCUT2D eigenvalue weighted by molar-refractivity contribution is 7.99. The number of imidazole rings is 1. The normalized spacial score (nSPS) is 11.4. The number of esters is 1. The number of hydrogen-bond acceptors (Lipinski definition) is 9. The first-order chi connectivity index (χ1) is 13.3. The average molecular weight is 411 g/mol. The van der Waals surface area contributed by atoms with Gasteiger partial charge in [0.2, 0.25) is 0 Å². The summed E-state index contributed by atoms with van der Waals surface area (Å²) in [5.41, 5.74) is 0.688. The number of alkyl carbamates (subject to hydrolysis) is 1. The van der Waals surface area contributed by atoms with E-state index in [1.165, 1.54) is 18.1 Å². The molecule has 0 aliphatic carbocycles. The number of rotatable bonds is 9. The molecule has 2 aromatic rings. The zero-order valence-corrected chi connectivity index (χ0v) is 17.2. The minimum absolute atomic E-state index is 0.0436. The summed E-state index contributed by atoms with van der Waals surface area (Å²) >= 11 is 1.24. The van der Waals surface area contributed by atoms with Crippen LogP contribution in [0.3, 0.4) is 0 Å². The van der Waals surface area contributed by atoms with E-state index in [0.717, 1.165) is 0 Å². The third-order valence-corrected chi connectivity index (χ3v) is 4.02. The van der Waals surface area contributed by atoms with Crippen molar-refractivity contribution in [3.05, 3.63) is 12.7 Å². The first-order valence-electron chi connectivity index (χ1n) is 8.79. The molecule has 0 bridgehead atoms. The molecule has 0 aliphatic heterocycles. The van der Waals surface area contributed by atoms with Gasteiger partial charge >= 0.3 is 12.1 Å². The van der Waals surface area contributed by atoms with E-state index in [1.54, 1.807) is 31.7 Å². The number of ether oxygens (including phenoxy) is 3. The van der Waals surface area contributed by atoms with E-state index < -0.39 is 17.7 Å². The molecule has 0 saturated heterocycles. The Hall–Kier alpha value is -2.40. The minimum atomic E-state index is -0.584. The third-order valence-electron chi connectivity index (χ3n) is 3.22. The van der Waals surface area contributed by atoms with Crippen LogP contribution in [0.2, 0.25) is 0 Å². The molecule has 0 unspecified atom stereocenters. The van der Waals surface area contributed by atoms with Gasteiger partial charge in [-0.1, -0.05) is 11.8 Å². The van der Waals surface area contributed by atoms with Crippen LogP contribution in [0.25, 0.3) is 11.2 Å². The van der Waals surface area contributed by atoms with Gasteiger partial charge in [-0.25, -0.2) is 19.7 Å².